The van der Waals surface area contributed by atoms with Crippen molar-refractivity contribution in [1.82, 2.24) is 0 Å². The zero-order valence-corrected chi connectivity index (χ0v) is 14.6. The summed E-state index contributed by atoms with van der Waals surface area (Å²) in [7, 11) is 0. The topological polar surface area (TPSA) is 78.9 Å². The van der Waals surface area contributed by atoms with E-state index in [1.807, 2.05) is 13.8 Å². The third-order valence-electron chi connectivity index (χ3n) is 3.12. The maximum atomic E-state index is 11.6. The zero-order chi connectivity index (χ0) is 18.1. The van der Waals surface area contributed by atoms with E-state index in [4.69, 9.17) is 14.2 Å². The highest BCUT2D eigenvalue weighted by Gasteiger charge is 2.16. The molecule has 0 fully saturated rings. The molecule has 1 aromatic rings. The molecule has 0 aliphatic heterocycles. The van der Waals surface area contributed by atoms with Crippen LogP contribution in [0, 0.1) is 0 Å². The Morgan fingerprint density at radius 1 is 1.21 bits per heavy atom. The Balaban J connectivity index is 3.10. The fourth-order valence-electron chi connectivity index (χ4n) is 2.19. The van der Waals surface area contributed by atoms with Gasteiger partial charge in [0, 0.05) is 24.5 Å². The standard InChI is InChI=1S/C18H24O6/c1-5-22-18(21)7-6-16-15(10-19)8-14(11-23-13(4)20)9-17(16)24-12(2)3/h8-10,12H,5-7,11H2,1-4H3. The summed E-state index contributed by atoms with van der Waals surface area (Å²) in [5, 5.41) is 0. The van der Waals surface area contributed by atoms with E-state index in [1.165, 1.54) is 6.92 Å². The first-order valence-electron chi connectivity index (χ1n) is 7.94. The van der Waals surface area contributed by atoms with Crippen LogP contribution in [0.2, 0.25) is 0 Å². The summed E-state index contributed by atoms with van der Waals surface area (Å²) in [6, 6.07) is 3.38. The van der Waals surface area contributed by atoms with Crippen LogP contribution in [0.25, 0.3) is 0 Å². The first-order chi connectivity index (χ1) is 11.4. The van der Waals surface area contributed by atoms with Crippen LogP contribution in [-0.2, 0) is 32.1 Å². The number of carbonyl (C=O) groups excluding carboxylic acids is 3. The summed E-state index contributed by atoms with van der Waals surface area (Å²) in [6.07, 6.45) is 1.11. The van der Waals surface area contributed by atoms with Crippen molar-refractivity contribution >= 4 is 18.2 Å². The minimum atomic E-state index is -0.402. The molecular formula is C18H24O6. The van der Waals surface area contributed by atoms with Gasteiger partial charge in [-0.15, -0.1) is 0 Å². The van der Waals surface area contributed by atoms with Crippen LogP contribution in [0.5, 0.6) is 5.75 Å². The number of carbonyl (C=O) groups is 3. The van der Waals surface area contributed by atoms with Crippen molar-refractivity contribution in [2.75, 3.05) is 6.61 Å². The van der Waals surface area contributed by atoms with Gasteiger partial charge in [0.2, 0.25) is 0 Å². The molecule has 1 aromatic carbocycles. The van der Waals surface area contributed by atoms with Crippen LogP contribution in [-0.4, -0.2) is 30.9 Å². The predicted octanol–water partition coefficient (Wildman–Crippen LogP) is 2.85. The van der Waals surface area contributed by atoms with Gasteiger partial charge in [-0.05, 0) is 44.9 Å². The summed E-state index contributed by atoms with van der Waals surface area (Å²) in [5.74, 6) is -0.213. The summed E-state index contributed by atoms with van der Waals surface area (Å²) in [5.41, 5.74) is 1.72. The lowest BCUT2D eigenvalue weighted by Crippen LogP contribution is -2.12. The van der Waals surface area contributed by atoms with Gasteiger partial charge in [0.05, 0.1) is 12.7 Å². The fourth-order valence-corrected chi connectivity index (χ4v) is 2.19. The second kappa shape index (κ2) is 9.70. The Labute approximate surface area is 142 Å². The summed E-state index contributed by atoms with van der Waals surface area (Å²) in [6.45, 7) is 7.17. The Kier molecular flexibility index (Phi) is 7.95. The number of benzene rings is 1. The first-order valence-corrected chi connectivity index (χ1v) is 7.94. The Morgan fingerprint density at radius 2 is 1.92 bits per heavy atom. The van der Waals surface area contributed by atoms with Gasteiger partial charge >= 0.3 is 11.9 Å². The van der Waals surface area contributed by atoms with Crippen molar-refractivity contribution < 1.29 is 28.6 Å². The van der Waals surface area contributed by atoms with Crippen molar-refractivity contribution in [1.29, 1.82) is 0 Å². The highest BCUT2D eigenvalue weighted by Crippen LogP contribution is 2.27. The van der Waals surface area contributed by atoms with Crippen molar-refractivity contribution in [3.05, 3.63) is 28.8 Å². The third-order valence-corrected chi connectivity index (χ3v) is 3.12. The van der Waals surface area contributed by atoms with Gasteiger partial charge in [0.1, 0.15) is 18.6 Å². The molecule has 132 valence electrons. The number of rotatable bonds is 9. The Bertz CT molecular complexity index is 591. The molecule has 0 saturated heterocycles. The molecule has 0 atom stereocenters. The van der Waals surface area contributed by atoms with Gasteiger partial charge < -0.3 is 14.2 Å². The quantitative estimate of drug-likeness (QED) is 0.510. The average Bonchev–Trinajstić information content (AvgIpc) is 2.51. The second-order valence-corrected chi connectivity index (χ2v) is 5.53. The van der Waals surface area contributed by atoms with E-state index in [2.05, 4.69) is 0 Å². The van der Waals surface area contributed by atoms with Crippen molar-refractivity contribution in [2.24, 2.45) is 0 Å². The largest absolute Gasteiger partial charge is 0.491 e. The van der Waals surface area contributed by atoms with Crippen LogP contribution in [0.3, 0.4) is 0 Å². The Morgan fingerprint density at radius 3 is 2.46 bits per heavy atom. The minimum Gasteiger partial charge on any atom is -0.491 e. The number of ether oxygens (including phenoxy) is 3. The van der Waals surface area contributed by atoms with E-state index in [1.54, 1.807) is 19.1 Å². The molecule has 0 radical (unpaired) electrons. The van der Waals surface area contributed by atoms with Crippen molar-refractivity contribution in [3.8, 4) is 5.75 Å². The predicted molar refractivity (Wildman–Crippen MR) is 88.0 cm³/mol. The fraction of sp³-hybridized carbons (Fsp3) is 0.500. The highest BCUT2D eigenvalue weighted by molar-refractivity contribution is 5.80. The number of esters is 2. The van der Waals surface area contributed by atoms with Crippen LogP contribution in [0.4, 0.5) is 0 Å². The van der Waals surface area contributed by atoms with Gasteiger partial charge in [0.25, 0.3) is 0 Å². The molecule has 1 rings (SSSR count). The molecule has 0 aliphatic carbocycles. The van der Waals surface area contributed by atoms with E-state index in [0.717, 1.165) is 0 Å². The average molecular weight is 336 g/mol. The van der Waals surface area contributed by atoms with E-state index < -0.39 is 5.97 Å². The lowest BCUT2D eigenvalue weighted by Gasteiger charge is -2.17. The summed E-state index contributed by atoms with van der Waals surface area (Å²) >= 11 is 0. The number of aldehydes is 1. The Hall–Kier alpha value is -2.37. The number of hydrogen-bond donors (Lipinski definition) is 0. The zero-order valence-electron chi connectivity index (χ0n) is 14.6. The molecule has 0 heterocycles. The van der Waals surface area contributed by atoms with Crippen molar-refractivity contribution in [3.63, 3.8) is 0 Å². The summed E-state index contributed by atoms with van der Waals surface area (Å²) < 4.78 is 15.7. The molecule has 6 heteroatoms. The molecule has 0 bridgehead atoms. The van der Waals surface area contributed by atoms with Crippen molar-refractivity contribution in [2.45, 2.75) is 53.2 Å². The van der Waals surface area contributed by atoms with Gasteiger partial charge in [-0.1, -0.05) is 0 Å². The number of hydrogen-bond acceptors (Lipinski definition) is 6. The molecule has 0 amide bonds. The maximum absolute atomic E-state index is 11.6. The van der Waals surface area contributed by atoms with E-state index in [0.29, 0.717) is 41.8 Å². The van der Waals surface area contributed by atoms with E-state index in [-0.39, 0.29) is 25.1 Å². The third kappa shape index (κ3) is 6.40. The van der Waals surface area contributed by atoms with E-state index in [9.17, 15) is 14.4 Å². The molecule has 0 saturated carbocycles. The molecular weight excluding hydrogens is 312 g/mol. The molecule has 0 N–H and O–H groups in total. The molecule has 0 aromatic heterocycles. The lowest BCUT2D eigenvalue weighted by molar-refractivity contribution is -0.143. The van der Waals surface area contributed by atoms with Gasteiger partial charge in [0.15, 0.2) is 0 Å². The van der Waals surface area contributed by atoms with Crippen LogP contribution in [0.15, 0.2) is 12.1 Å². The molecule has 0 aliphatic rings. The van der Waals surface area contributed by atoms with E-state index >= 15 is 0 Å². The molecule has 0 unspecified atom stereocenters. The minimum absolute atomic E-state index is 0.0583. The molecule has 24 heavy (non-hydrogen) atoms. The lowest BCUT2D eigenvalue weighted by atomic mass is 9.99. The molecule has 0 spiro atoms. The van der Waals surface area contributed by atoms with Crippen LogP contribution >= 0.6 is 0 Å². The van der Waals surface area contributed by atoms with Gasteiger partial charge in [-0.2, -0.15) is 0 Å². The second-order valence-electron chi connectivity index (χ2n) is 5.53. The normalized spacial score (nSPS) is 10.4. The van der Waals surface area contributed by atoms with Gasteiger partial charge in [-0.3, -0.25) is 14.4 Å². The molecule has 6 nitrogen and oxygen atoms in total. The highest BCUT2D eigenvalue weighted by atomic mass is 16.5. The maximum Gasteiger partial charge on any atom is 0.306 e. The summed E-state index contributed by atoms with van der Waals surface area (Å²) in [4.78, 5) is 34.0. The van der Waals surface area contributed by atoms with Crippen LogP contribution in [0.1, 0.15) is 55.6 Å². The monoisotopic (exact) mass is 336 g/mol. The van der Waals surface area contributed by atoms with Crippen LogP contribution < -0.4 is 4.74 Å². The first kappa shape index (κ1) is 19.7. The smallest absolute Gasteiger partial charge is 0.306 e. The SMILES string of the molecule is CCOC(=O)CCc1c(C=O)cc(COC(C)=O)cc1OC(C)C. The van der Waals surface area contributed by atoms with Gasteiger partial charge in [-0.25, -0.2) is 0 Å².